The average Bonchev–Trinajstić information content (AvgIpc) is 3.16. The predicted octanol–water partition coefficient (Wildman–Crippen LogP) is 2.31. The molecule has 1 saturated heterocycles. The zero-order chi connectivity index (χ0) is 14.8. The Kier molecular flexibility index (Phi) is 4.36. The molecule has 2 fully saturated rings. The molecule has 4 nitrogen and oxygen atoms in total. The average molecular weight is 308 g/mol. The van der Waals surface area contributed by atoms with E-state index in [2.05, 4.69) is 21.6 Å². The van der Waals surface area contributed by atoms with Crippen LogP contribution in [0.2, 0.25) is 5.02 Å². The van der Waals surface area contributed by atoms with E-state index in [4.69, 9.17) is 11.6 Å². The van der Waals surface area contributed by atoms with Crippen LogP contribution in [0.3, 0.4) is 0 Å². The van der Waals surface area contributed by atoms with Crippen LogP contribution in [-0.2, 0) is 11.3 Å². The molecule has 114 valence electrons. The molecule has 3 rings (SSSR count). The molecular weight excluding hydrogens is 286 g/mol. The van der Waals surface area contributed by atoms with E-state index in [0.29, 0.717) is 6.04 Å². The van der Waals surface area contributed by atoms with Gasteiger partial charge in [0, 0.05) is 38.6 Å². The quantitative estimate of drug-likeness (QED) is 0.877. The number of carbonyl (C=O) groups excluding carboxylic acids is 1. The number of amides is 1. The molecule has 2 N–H and O–H groups in total. The van der Waals surface area contributed by atoms with Gasteiger partial charge in [-0.15, -0.1) is 0 Å². The van der Waals surface area contributed by atoms with Crippen molar-refractivity contribution in [2.75, 3.05) is 18.0 Å². The van der Waals surface area contributed by atoms with Gasteiger partial charge in [0.05, 0.1) is 10.7 Å². The summed E-state index contributed by atoms with van der Waals surface area (Å²) in [6.07, 6.45) is 3.54. The number of nitrogens with zero attached hydrogens (tertiary/aromatic N) is 1. The summed E-state index contributed by atoms with van der Waals surface area (Å²) in [5.41, 5.74) is 2.37. The second kappa shape index (κ2) is 6.24. The van der Waals surface area contributed by atoms with Gasteiger partial charge in [-0.25, -0.2) is 0 Å². The number of benzene rings is 1. The van der Waals surface area contributed by atoms with Crippen LogP contribution in [0.1, 0.15) is 31.7 Å². The topological polar surface area (TPSA) is 44.4 Å². The highest BCUT2D eigenvalue weighted by molar-refractivity contribution is 6.33. The van der Waals surface area contributed by atoms with E-state index in [1.807, 2.05) is 12.1 Å². The molecule has 2 aliphatic rings. The molecule has 1 aromatic rings. The van der Waals surface area contributed by atoms with Crippen LogP contribution in [0, 0.1) is 0 Å². The van der Waals surface area contributed by atoms with Gasteiger partial charge in [-0.1, -0.05) is 23.7 Å². The Morgan fingerprint density at radius 3 is 2.86 bits per heavy atom. The van der Waals surface area contributed by atoms with Gasteiger partial charge >= 0.3 is 0 Å². The van der Waals surface area contributed by atoms with Gasteiger partial charge in [-0.2, -0.15) is 0 Å². The molecule has 5 heteroatoms. The first-order valence-corrected chi connectivity index (χ1v) is 8.04. The smallest absolute Gasteiger partial charge is 0.217 e. The maximum Gasteiger partial charge on any atom is 0.217 e. The molecule has 1 amide bonds. The lowest BCUT2D eigenvalue weighted by Crippen LogP contribution is -2.35. The van der Waals surface area contributed by atoms with Crippen LogP contribution in [0.15, 0.2) is 18.2 Å². The van der Waals surface area contributed by atoms with E-state index in [0.717, 1.165) is 36.8 Å². The number of nitrogens with one attached hydrogen (secondary N) is 2. The van der Waals surface area contributed by atoms with Gasteiger partial charge in [-0.05, 0) is 30.9 Å². The van der Waals surface area contributed by atoms with E-state index in [-0.39, 0.29) is 11.9 Å². The lowest BCUT2D eigenvalue weighted by molar-refractivity contribution is -0.119. The predicted molar refractivity (Wildman–Crippen MR) is 85.7 cm³/mol. The van der Waals surface area contributed by atoms with E-state index in [1.54, 1.807) is 6.92 Å². The zero-order valence-electron chi connectivity index (χ0n) is 12.4. The van der Waals surface area contributed by atoms with Gasteiger partial charge in [0.2, 0.25) is 5.91 Å². The van der Waals surface area contributed by atoms with Crippen molar-refractivity contribution in [3.05, 3.63) is 28.8 Å². The summed E-state index contributed by atoms with van der Waals surface area (Å²) in [5, 5.41) is 7.35. The number of para-hydroxylation sites is 1. The fraction of sp³-hybridized carbons (Fsp3) is 0.562. The lowest BCUT2D eigenvalue weighted by atomic mass is 10.1. The molecule has 1 atom stereocenters. The van der Waals surface area contributed by atoms with Gasteiger partial charge in [0.1, 0.15) is 0 Å². The largest absolute Gasteiger partial charge is 0.368 e. The van der Waals surface area contributed by atoms with Crippen LogP contribution >= 0.6 is 11.6 Å². The number of rotatable bonds is 5. The van der Waals surface area contributed by atoms with Crippen molar-refractivity contribution >= 4 is 23.2 Å². The van der Waals surface area contributed by atoms with Crippen LogP contribution in [0.5, 0.6) is 0 Å². The van der Waals surface area contributed by atoms with Crippen molar-refractivity contribution < 1.29 is 4.79 Å². The summed E-state index contributed by atoms with van der Waals surface area (Å²) >= 11 is 6.44. The molecule has 0 bridgehead atoms. The van der Waals surface area contributed by atoms with Gasteiger partial charge in [0.25, 0.3) is 0 Å². The highest BCUT2D eigenvalue weighted by atomic mass is 35.5. The monoisotopic (exact) mass is 307 g/mol. The molecule has 1 aliphatic heterocycles. The minimum absolute atomic E-state index is 0.0385. The molecule has 0 spiro atoms. The molecule has 0 radical (unpaired) electrons. The maximum atomic E-state index is 11.2. The number of hydrogen-bond donors (Lipinski definition) is 2. The van der Waals surface area contributed by atoms with Crippen molar-refractivity contribution in [2.45, 2.75) is 44.8 Å². The fourth-order valence-electron chi connectivity index (χ4n) is 2.97. The normalized spacial score (nSPS) is 21.6. The maximum absolute atomic E-state index is 11.2. The number of anilines is 1. The first kappa shape index (κ1) is 14.7. The third-order valence-electron chi connectivity index (χ3n) is 4.14. The van der Waals surface area contributed by atoms with Crippen LogP contribution in [0.4, 0.5) is 5.69 Å². The molecule has 1 aliphatic carbocycles. The number of halogens is 1. The van der Waals surface area contributed by atoms with Gasteiger partial charge < -0.3 is 15.5 Å². The minimum atomic E-state index is 0.0385. The molecule has 1 aromatic carbocycles. The minimum Gasteiger partial charge on any atom is -0.368 e. The van der Waals surface area contributed by atoms with Crippen LogP contribution in [-0.4, -0.2) is 31.1 Å². The Hall–Kier alpha value is -1.26. The third kappa shape index (κ3) is 3.69. The van der Waals surface area contributed by atoms with Crippen molar-refractivity contribution in [3.63, 3.8) is 0 Å². The summed E-state index contributed by atoms with van der Waals surface area (Å²) < 4.78 is 0. The Balaban J connectivity index is 1.72. The Labute approximate surface area is 130 Å². The molecule has 1 saturated carbocycles. The Bertz CT molecular complexity index is 530. The molecule has 21 heavy (non-hydrogen) atoms. The SMILES string of the molecule is CC(=O)NC1CCN(c2c(Cl)cccc2CNC2CC2)C1. The standard InChI is InChI=1S/C16H22ClN3O/c1-11(21)19-14-7-8-20(10-14)16-12(3-2-4-15(16)17)9-18-13-5-6-13/h2-4,13-14,18H,5-10H2,1H3,(H,19,21). The van der Waals surface area contributed by atoms with Crippen LogP contribution in [0.25, 0.3) is 0 Å². The van der Waals surface area contributed by atoms with Crippen molar-refractivity contribution in [1.29, 1.82) is 0 Å². The van der Waals surface area contributed by atoms with Crippen molar-refractivity contribution in [1.82, 2.24) is 10.6 Å². The fourth-order valence-corrected chi connectivity index (χ4v) is 3.28. The van der Waals surface area contributed by atoms with E-state index in [9.17, 15) is 4.79 Å². The molecular formula is C16H22ClN3O. The second-order valence-electron chi connectivity index (χ2n) is 6.03. The summed E-state index contributed by atoms with van der Waals surface area (Å²) in [6, 6.07) is 7.01. The summed E-state index contributed by atoms with van der Waals surface area (Å²) in [5.74, 6) is 0.0385. The zero-order valence-corrected chi connectivity index (χ0v) is 13.1. The van der Waals surface area contributed by atoms with E-state index < -0.39 is 0 Å². The molecule has 1 unspecified atom stereocenters. The summed E-state index contributed by atoms with van der Waals surface area (Å²) in [4.78, 5) is 13.5. The first-order chi connectivity index (χ1) is 10.1. The third-order valence-corrected chi connectivity index (χ3v) is 4.45. The number of hydrogen-bond acceptors (Lipinski definition) is 3. The highest BCUT2D eigenvalue weighted by Crippen LogP contribution is 2.33. The van der Waals surface area contributed by atoms with E-state index in [1.165, 1.54) is 18.4 Å². The Morgan fingerprint density at radius 2 is 2.14 bits per heavy atom. The summed E-state index contributed by atoms with van der Waals surface area (Å²) in [7, 11) is 0. The van der Waals surface area contributed by atoms with E-state index >= 15 is 0 Å². The Morgan fingerprint density at radius 1 is 1.33 bits per heavy atom. The second-order valence-corrected chi connectivity index (χ2v) is 6.44. The molecule has 1 heterocycles. The molecule has 0 aromatic heterocycles. The van der Waals surface area contributed by atoms with Crippen molar-refractivity contribution in [2.24, 2.45) is 0 Å². The summed E-state index contributed by atoms with van der Waals surface area (Å²) in [6.45, 7) is 4.20. The number of carbonyl (C=O) groups is 1. The van der Waals surface area contributed by atoms with Gasteiger partial charge in [-0.3, -0.25) is 4.79 Å². The highest BCUT2D eigenvalue weighted by Gasteiger charge is 2.27. The lowest BCUT2D eigenvalue weighted by Gasteiger charge is -2.24. The van der Waals surface area contributed by atoms with Gasteiger partial charge in [0.15, 0.2) is 0 Å². The first-order valence-electron chi connectivity index (χ1n) is 7.66. The van der Waals surface area contributed by atoms with Crippen LogP contribution < -0.4 is 15.5 Å². The van der Waals surface area contributed by atoms with Crippen molar-refractivity contribution in [3.8, 4) is 0 Å².